The summed E-state index contributed by atoms with van der Waals surface area (Å²) in [5.74, 6) is 1.41. The van der Waals surface area contributed by atoms with Crippen LogP contribution in [0.2, 0.25) is 0 Å². The van der Waals surface area contributed by atoms with Gasteiger partial charge in [0, 0.05) is 32.3 Å². The Labute approximate surface area is 162 Å². The van der Waals surface area contributed by atoms with Gasteiger partial charge in [-0.05, 0) is 38.5 Å². The van der Waals surface area contributed by atoms with Crippen LogP contribution >= 0.6 is 24.0 Å². The van der Waals surface area contributed by atoms with E-state index in [2.05, 4.69) is 27.4 Å². The van der Waals surface area contributed by atoms with E-state index in [1.54, 1.807) is 0 Å². The van der Waals surface area contributed by atoms with Crippen LogP contribution in [0.5, 0.6) is 0 Å². The summed E-state index contributed by atoms with van der Waals surface area (Å²) in [6.45, 7) is 7.31. The topological polar surface area (TPSA) is 92.0 Å². The van der Waals surface area contributed by atoms with Crippen molar-refractivity contribution in [3.8, 4) is 0 Å². The minimum atomic E-state index is -0.252. The first-order valence-electron chi connectivity index (χ1n) is 8.80. The van der Waals surface area contributed by atoms with Crippen LogP contribution in [0.1, 0.15) is 32.6 Å². The average Bonchev–Trinajstić information content (AvgIpc) is 3.33. The van der Waals surface area contributed by atoms with Gasteiger partial charge < -0.3 is 21.1 Å². The normalized spacial score (nSPS) is 19.6. The summed E-state index contributed by atoms with van der Waals surface area (Å²) in [4.78, 5) is 17.6. The van der Waals surface area contributed by atoms with Crippen molar-refractivity contribution in [2.45, 2.75) is 38.6 Å². The van der Waals surface area contributed by atoms with Crippen molar-refractivity contribution in [2.75, 3.05) is 45.9 Å². The monoisotopic (exact) mass is 453 g/mol. The number of aliphatic imine (C=N–C) groups is 1. The summed E-state index contributed by atoms with van der Waals surface area (Å²) in [7, 11) is 0. The maximum atomic E-state index is 11.0. The first-order valence-corrected chi connectivity index (χ1v) is 8.80. The molecule has 2 fully saturated rings. The zero-order valence-electron chi connectivity index (χ0n) is 14.6. The SMILES string of the molecule is CCNC(=NCCOCC1CC1)NC1CCN(CC(N)=O)CC1.I. The number of carbonyl (C=O) groups excluding carboxylic acids is 1. The summed E-state index contributed by atoms with van der Waals surface area (Å²) >= 11 is 0. The largest absolute Gasteiger partial charge is 0.379 e. The van der Waals surface area contributed by atoms with Crippen LogP contribution in [0.25, 0.3) is 0 Å². The Balaban J connectivity index is 0.00000288. The molecule has 4 N–H and O–H groups in total. The fourth-order valence-corrected chi connectivity index (χ4v) is 2.73. The Morgan fingerprint density at radius 2 is 2.00 bits per heavy atom. The lowest BCUT2D eigenvalue weighted by molar-refractivity contribution is -0.119. The number of ether oxygens (including phenoxy) is 1. The van der Waals surface area contributed by atoms with Gasteiger partial charge in [-0.3, -0.25) is 14.7 Å². The summed E-state index contributed by atoms with van der Waals surface area (Å²) in [5.41, 5.74) is 5.24. The third-order valence-corrected chi connectivity index (χ3v) is 4.21. The fraction of sp³-hybridized carbons (Fsp3) is 0.875. The maximum absolute atomic E-state index is 11.0. The van der Waals surface area contributed by atoms with Crippen molar-refractivity contribution in [3.63, 3.8) is 0 Å². The molecule has 2 rings (SSSR count). The van der Waals surface area contributed by atoms with E-state index in [9.17, 15) is 4.79 Å². The molecular formula is C16H32IN5O2. The van der Waals surface area contributed by atoms with E-state index in [0.29, 0.717) is 25.7 Å². The van der Waals surface area contributed by atoms with Gasteiger partial charge in [0.2, 0.25) is 5.91 Å². The highest BCUT2D eigenvalue weighted by Gasteiger charge is 2.21. The zero-order chi connectivity index (χ0) is 16.5. The van der Waals surface area contributed by atoms with Crippen molar-refractivity contribution < 1.29 is 9.53 Å². The minimum Gasteiger partial charge on any atom is -0.379 e. The lowest BCUT2D eigenvalue weighted by atomic mass is 10.1. The molecule has 0 aromatic carbocycles. The first kappa shape index (κ1) is 21.4. The highest BCUT2D eigenvalue weighted by atomic mass is 127. The molecule has 0 spiro atoms. The van der Waals surface area contributed by atoms with Gasteiger partial charge in [-0.2, -0.15) is 0 Å². The number of nitrogens with two attached hydrogens (primary N) is 1. The standard InChI is InChI=1S/C16H31N5O2.HI/c1-2-18-16(19-7-10-23-12-13-3-4-13)20-14-5-8-21(9-6-14)11-15(17)22;/h13-14H,2-12H2,1H3,(H2,17,22)(H2,18,19,20);1H. The second-order valence-corrected chi connectivity index (χ2v) is 6.44. The molecule has 0 bridgehead atoms. The number of guanidine groups is 1. The number of amides is 1. The number of halogens is 1. The molecule has 24 heavy (non-hydrogen) atoms. The molecule has 0 aromatic rings. The van der Waals surface area contributed by atoms with Crippen molar-refractivity contribution in [1.29, 1.82) is 0 Å². The van der Waals surface area contributed by atoms with Gasteiger partial charge in [-0.1, -0.05) is 0 Å². The molecule has 0 atom stereocenters. The summed E-state index contributed by atoms with van der Waals surface area (Å²) in [5, 5.41) is 6.76. The molecule has 7 nitrogen and oxygen atoms in total. The molecule has 1 aliphatic carbocycles. The molecule has 0 radical (unpaired) electrons. The number of nitrogens with zero attached hydrogens (tertiary/aromatic N) is 2. The molecule has 0 unspecified atom stereocenters. The highest BCUT2D eigenvalue weighted by molar-refractivity contribution is 14.0. The van der Waals surface area contributed by atoms with Gasteiger partial charge in [-0.15, -0.1) is 24.0 Å². The number of piperidine rings is 1. The Bertz CT molecular complexity index is 396. The maximum Gasteiger partial charge on any atom is 0.231 e. The quantitative estimate of drug-likeness (QED) is 0.205. The predicted octanol–water partition coefficient (Wildman–Crippen LogP) is 0.536. The number of primary amides is 1. The van der Waals surface area contributed by atoms with Gasteiger partial charge >= 0.3 is 0 Å². The van der Waals surface area contributed by atoms with E-state index in [1.807, 2.05) is 0 Å². The molecule has 140 valence electrons. The third kappa shape index (κ3) is 9.03. The van der Waals surface area contributed by atoms with E-state index in [4.69, 9.17) is 10.5 Å². The Morgan fingerprint density at radius 1 is 1.29 bits per heavy atom. The van der Waals surface area contributed by atoms with Crippen LogP contribution in [0.4, 0.5) is 0 Å². The minimum absolute atomic E-state index is 0. The van der Waals surface area contributed by atoms with E-state index >= 15 is 0 Å². The number of carbonyl (C=O) groups is 1. The average molecular weight is 453 g/mol. The van der Waals surface area contributed by atoms with Crippen molar-refractivity contribution in [1.82, 2.24) is 15.5 Å². The second kappa shape index (κ2) is 11.9. The van der Waals surface area contributed by atoms with Crippen LogP contribution < -0.4 is 16.4 Å². The predicted molar refractivity (Wildman–Crippen MR) is 107 cm³/mol. The molecule has 1 saturated heterocycles. The lowest BCUT2D eigenvalue weighted by Crippen LogP contribution is -2.49. The van der Waals surface area contributed by atoms with E-state index in [1.165, 1.54) is 12.8 Å². The molecule has 2 aliphatic rings. The van der Waals surface area contributed by atoms with Crippen LogP contribution in [0.15, 0.2) is 4.99 Å². The van der Waals surface area contributed by atoms with Gasteiger partial charge in [0.05, 0.1) is 19.7 Å². The van der Waals surface area contributed by atoms with Gasteiger partial charge in [0.25, 0.3) is 0 Å². The van der Waals surface area contributed by atoms with Crippen LogP contribution in [-0.2, 0) is 9.53 Å². The number of nitrogens with one attached hydrogen (secondary N) is 2. The van der Waals surface area contributed by atoms with Crippen molar-refractivity contribution in [2.24, 2.45) is 16.6 Å². The molecule has 1 saturated carbocycles. The Hall–Kier alpha value is -0.610. The van der Waals surface area contributed by atoms with Crippen LogP contribution in [0, 0.1) is 5.92 Å². The Morgan fingerprint density at radius 3 is 2.58 bits per heavy atom. The summed E-state index contributed by atoms with van der Waals surface area (Å²) in [6, 6.07) is 0.393. The van der Waals surface area contributed by atoms with E-state index in [0.717, 1.165) is 51.0 Å². The highest BCUT2D eigenvalue weighted by Crippen LogP contribution is 2.28. The smallest absolute Gasteiger partial charge is 0.231 e. The lowest BCUT2D eigenvalue weighted by Gasteiger charge is -2.32. The summed E-state index contributed by atoms with van der Waals surface area (Å²) in [6.07, 6.45) is 4.63. The summed E-state index contributed by atoms with van der Waals surface area (Å²) < 4.78 is 5.61. The molecule has 1 amide bonds. The first-order chi connectivity index (χ1) is 11.2. The van der Waals surface area contributed by atoms with E-state index < -0.39 is 0 Å². The Kier molecular flexibility index (Phi) is 10.6. The number of hydrogen-bond acceptors (Lipinski definition) is 4. The zero-order valence-corrected chi connectivity index (χ0v) is 17.0. The molecule has 8 heteroatoms. The van der Waals surface area contributed by atoms with Gasteiger partial charge in [0.15, 0.2) is 5.96 Å². The number of rotatable bonds is 9. The van der Waals surface area contributed by atoms with Gasteiger partial charge in [0.1, 0.15) is 0 Å². The molecule has 0 aromatic heterocycles. The number of hydrogen-bond donors (Lipinski definition) is 3. The van der Waals surface area contributed by atoms with Crippen LogP contribution in [0.3, 0.4) is 0 Å². The fourth-order valence-electron chi connectivity index (χ4n) is 2.73. The number of likely N-dealkylation sites (tertiary alicyclic amines) is 1. The second-order valence-electron chi connectivity index (χ2n) is 6.44. The van der Waals surface area contributed by atoms with Gasteiger partial charge in [-0.25, -0.2) is 0 Å². The van der Waals surface area contributed by atoms with Crippen molar-refractivity contribution in [3.05, 3.63) is 0 Å². The van der Waals surface area contributed by atoms with E-state index in [-0.39, 0.29) is 29.9 Å². The third-order valence-electron chi connectivity index (χ3n) is 4.21. The van der Waals surface area contributed by atoms with Crippen LogP contribution in [-0.4, -0.2) is 68.7 Å². The molecule has 1 aliphatic heterocycles. The molecular weight excluding hydrogens is 421 g/mol. The van der Waals surface area contributed by atoms with Crippen molar-refractivity contribution >= 4 is 35.8 Å². The molecule has 1 heterocycles.